The molecule has 0 aliphatic heterocycles. The van der Waals surface area contributed by atoms with Gasteiger partial charge in [-0.05, 0) is 96.5 Å². The topological polar surface area (TPSA) is 24.1 Å². The minimum Gasteiger partial charge on any atom is -0.356 e. The van der Waals surface area contributed by atoms with E-state index >= 15 is 0 Å². The van der Waals surface area contributed by atoms with Crippen LogP contribution >= 0.6 is 0 Å². The van der Waals surface area contributed by atoms with Crippen LogP contribution < -0.4 is 10.6 Å². The van der Waals surface area contributed by atoms with Crippen molar-refractivity contribution < 1.29 is 2.82 Å². The summed E-state index contributed by atoms with van der Waals surface area (Å²) < 4.78 is 17.1. The first-order valence-electron chi connectivity index (χ1n) is 13.4. The fourth-order valence-corrected chi connectivity index (χ4v) is 3.99. The summed E-state index contributed by atoms with van der Waals surface area (Å²) >= 11 is 0. The van der Waals surface area contributed by atoms with Gasteiger partial charge in [-0.25, -0.2) is 0 Å². The number of rotatable bonds is 11. The summed E-state index contributed by atoms with van der Waals surface area (Å²) in [5, 5.41) is 2.95. The predicted octanol–water partition coefficient (Wildman–Crippen LogP) is 9.53. The van der Waals surface area contributed by atoms with Crippen molar-refractivity contribution in [3.8, 4) is 11.1 Å². The summed E-state index contributed by atoms with van der Waals surface area (Å²) in [5.41, 5.74) is 8.21. The van der Waals surface area contributed by atoms with Crippen LogP contribution in [0.5, 0.6) is 0 Å². The zero-order valence-electron chi connectivity index (χ0n) is 22.4. The molecule has 0 amide bonds. The normalized spacial score (nSPS) is 11.6. The molecule has 2 N–H and O–H groups in total. The third-order valence-corrected chi connectivity index (χ3v) is 6.10. The molecule has 0 aliphatic rings. The van der Waals surface area contributed by atoms with Gasteiger partial charge >= 0.3 is 0 Å². The third kappa shape index (κ3) is 6.74. The summed E-state index contributed by atoms with van der Waals surface area (Å²) in [7, 11) is 0. The van der Waals surface area contributed by atoms with E-state index in [0.29, 0.717) is 0 Å². The Balaban J connectivity index is 1.41. The summed E-state index contributed by atoms with van der Waals surface area (Å²) in [6.07, 6.45) is 6.94. The van der Waals surface area contributed by atoms with E-state index in [0.717, 1.165) is 46.7 Å². The lowest BCUT2D eigenvalue weighted by atomic mass is 10.0. The Kier molecular flexibility index (Phi) is 7.48. The Bertz CT molecular complexity index is 1100. The van der Waals surface area contributed by atoms with E-state index in [1.54, 1.807) is 0 Å². The molecule has 0 bridgehead atoms. The SMILES string of the molecule is [2H]N(c1ccc(CCCC)cc1)c1ccc(-c2ccc(N([2H])c3ccc(CCCC)cc3)cc2)cc1. The highest BCUT2D eigenvalue weighted by molar-refractivity contribution is 5.71. The largest absolute Gasteiger partial charge is 0.356 e. The average Bonchev–Trinajstić information content (AvgIpc) is 2.95. The van der Waals surface area contributed by atoms with Crippen molar-refractivity contribution in [2.45, 2.75) is 52.4 Å². The van der Waals surface area contributed by atoms with Crippen LogP contribution in [0.1, 0.15) is 50.7 Å². The van der Waals surface area contributed by atoms with E-state index in [2.05, 4.69) is 62.4 Å². The lowest BCUT2D eigenvalue weighted by molar-refractivity contribution is 0.795. The van der Waals surface area contributed by atoms with Crippen molar-refractivity contribution in [2.24, 2.45) is 0 Å². The van der Waals surface area contributed by atoms with E-state index in [9.17, 15) is 0 Å². The Morgan fingerprint density at radius 3 is 1.06 bits per heavy atom. The number of hydrogen-bond acceptors (Lipinski definition) is 2. The average molecular weight is 451 g/mol. The molecule has 0 fully saturated rings. The Labute approximate surface area is 208 Å². The van der Waals surface area contributed by atoms with E-state index in [1.807, 2.05) is 48.5 Å². The molecule has 0 aromatic heterocycles. The number of nitrogens with one attached hydrogen (secondary N) is 2. The van der Waals surface area contributed by atoms with Crippen LogP contribution in [0.15, 0.2) is 97.1 Å². The van der Waals surface area contributed by atoms with Gasteiger partial charge in [0.2, 0.25) is 0 Å². The minimum absolute atomic E-state index is 0.830. The van der Waals surface area contributed by atoms with Gasteiger partial charge in [-0.15, -0.1) is 0 Å². The number of anilines is 4. The first kappa shape index (κ1) is 21.0. The third-order valence-electron chi connectivity index (χ3n) is 6.10. The maximum Gasteiger partial charge on any atom is 0.167 e. The second kappa shape index (κ2) is 12.1. The Morgan fingerprint density at radius 2 is 0.765 bits per heavy atom. The molecule has 0 saturated carbocycles. The van der Waals surface area contributed by atoms with E-state index in [1.165, 1.54) is 47.4 Å². The lowest BCUT2D eigenvalue weighted by Gasteiger charge is -2.10. The monoisotopic (exact) mass is 450 g/mol. The van der Waals surface area contributed by atoms with Crippen molar-refractivity contribution in [3.05, 3.63) is 108 Å². The van der Waals surface area contributed by atoms with Crippen molar-refractivity contribution >= 4 is 22.7 Å². The number of aryl methyl sites for hydroxylation is 2. The summed E-state index contributed by atoms with van der Waals surface area (Å²) in [6, 6.07) is 32.7. The van der Waals surface area contributed by atoms with E-state index in [4.69, 9.17) is 2.82 Å². The molecule has 0 spiro atoms. The summed E-state index contributed by atoms with van der Waals surface area (Å²) in [4.78, 5) is 0. The van der Waals surface area contributed by atoms with Gasteiger partial charge < -0.3 is 10.6 Å². The van der Waals surface area contributed by atoms with Gasteiger partial charge in [0.25, 0.3) is 0 Å². The van der Waals surface area contributed by atoms with Crippen LogP contribution in [0.2, 0.25) is 2.82 Å². The van der Waals surface area contributed by atoms with Gasteiger partial charge in [0, 0.05) is 22.7 Å². The number of unbranched alkanes of at least 4 members (excludes halogenated alkanes) is 2. The lowest BCUT2D eigenvalue weighted by Crippen LogP contribution is -1.92. The van der Waals surface area contributed by atoms with Gasteiger partial charge in [-0.3, -0.25) is 0 Å². The molecule has 0 radical (unpaired) electrons. The van der Waals surface area contributed by atoms with E-state index < -0.39 is 0 Å². The van der Waals surface area contributed by atoms with Crippen LogP contribution in [0.4, 0.5) is 22.7 Å². The van der Waals surface area contributed by atoms with Crippen molar-refractivity contribution in [3.63, 3.8) is 0 Å². The van der Waals surface area contributed by atoms with Crippen LogP contribution in [0, 0.1) is 0 Å². The number of hydrogen-bond donors (Lipinski definition) is 2. The molecule has 2 heteroatoms. The zero-order chi connectivity index (χ0) is 25.3. The van der Waals surface area contributed by atoms with Crippen molar-refractivity contribution in [2.75, 3.05) is 10.6 Å². The molecule has 0 atom stereocenters. The first-order valence-corrected chi connectivity index (χ1v) is 12.6. The van der Waals surface area contributed by atoms with Gasteiger partial charge in [0.15, 0.2) is 2.82 Å². The molecule has 0 heterocycles. The van der Waals surface area contributed by atoms with Gasteiger partial charge in [0.1, 0.15) is 0 Å². The molecule has 0 unspecified atom stereocenters. The molecule has 0 saturated heterocycles. The molecule has 34 heavy (non-hydrogen) atoms. The maximum atomic E-state index is 8.55. The smallest absolute Gasteiger partial charge is 0.167 e. The zero-order valence-corrected chi connectivity index (χ0v) is 20.4. The predicted molar refractivity (Wildman–Crippen MR) is 149 cm³/mol. The molecule has 2 nitrogen and oxygen atoms in total. The molecular weight excluding hydrogens is 412 g/mol. The molecule has 4 aromatic rings. The molecule has 0 aliphatic carbocycles. The fourth-order valence-electron chi connectivity index (χ4n) is 3.99. The molecular formula is C32H36N2. The highest BCUT2D eigenvalue weighted by Gasteiger charge is 2.02. The van der Waals surface area contributed by atoms with Gasteiger partial charge in [-0.2, -0.15) is 0 Å². The van der Waals surface area contributed by atoms with Crippen LogP contribution in [-0.4, -0.2) is 0 Å². The molecule has 4 rings (SSSR count). The van der Waals surface area contributed by atoms with Crippen molar-refractivity contribution in [1.29, 1.82) is 0 Å². The second-order valence-electron chi connectivity index (χ2n) is 8.86. The first-order chi connectivity index (χ1) is 17.6. The van der Waals surface area contributed by atoms with Gasteiger partial charge in [0.05, 0.1) is 0 Å². The van der Waals surface area contributed by atoms with Crippen molar-refractivity contribution in [1.82, 2.24) is 0 Å². The molecule has 174 valence electrons. The second-order valence-corrected chi connectivity index (χ2v) is 8.86. The summed E-state index contributed by atoms with van der Waals surface area (Å²) in [6.45, 7) is 4.41. The Hall–Kier alpha value is -3.52. The minimum atomic E-state index is 0.830. The highest BCUT2D eigenvalue weighted by Crippen LogP contribution is 2.26. The van der Waals surface area contributed by atoms with Crippen LogP contribution in [0.25, 0.3) is 11.1 Å². The quantitative estimate of drug-likeness (QED) is 0.238. The maximum absolute atomic E-state index is 8.55. The van der Waals surface area contributed by atoms with Crippen LogP contribution in [0.3, 0.4) is 0 Å². The highest BCUT2D eigenvalue weighted by atomic mass is 14.9. The summed E-state index contributed by atoms with van der Waals surface area (Å²) in [5.74, 6) is 0. The molecule has 4 aromatic carbocycles. The van der Waals surface area contributed by atoms with Gasteiger partial charge in [-0.1, -0.05) is 75.2 Å². The fraction of sp³-hybridized carbons (Fsp3) is 0.250. The standard InChI is InChI=1S/C32H36N2/c1-3-5-7-25-9-17-29(18-10-25)33-31-21-13-27(14-22-31)28-15-23-32(24-16-28)34-30-19-11-26(12-20-30)8-6-4-2/h9-24,33-34H,3-8H2,1-2H3/i/hD2. The number of benzene rings is 4. The Morgan fingerprint density at radius 1 is 0.471 bits per heavy atom. The van der Waals surface area contributed by atoms with Crippen LogP contribution in [-0.2, 0) is 12.8 Å². The van der Waals surface area contributed by atoms with E-state index in [-0.39, 0.29) is 0 Å².